The maximum atomic E-state index is 11.8. The number of benzene rings is 1. The lowest BCUT2D eigenvalue weighted by molar-refractivity contribution is 0.00475. The molecular weight excluding hydrogens is 302 g/mol. The molecule has 1 fully saturated rings. The summed E-state index contributed by atoms with van der Waals surface area (Å²) in [6, 6.07) is 9.08. The predicted octanol–water partition coefficient (Wildman–Crippen LogP) is 3.11. The first kappa shape index (κ1) is 16.6. The van der Waals surface area contributed by atoms with Gasteiger partial charge in [-0.05, 0) is 38.5 Å². The van der Waals surface area contributed by atoms with Crippen LogP contribution in [0.1, 0.15) is 32.4 Å². The first-order valence-corrected chi connectivity index (χ1v) is 7.55. The van der Waals surface area contributed by atoms with Gasteiger partial charge in [0, 0.05) is 24.2 Å². The van der Waals surface area contributed by atoms with Crippen LogP contribution in [0.4, 0.5) is 4.79 Å². The number of carbonyl (C=O) groups excluding carboxylic acids is 1. The van der Waals surface area contributed by atoms with Gasteiger partial charge in [0.15, 0.2) is 0 Å². The van der Waals surface area contributed by atoms with E-state index in [0.29, 0.717) is 18.1 Å². The van der Waals surface area contributed by atoms with Gasteiger partial charge in [-0.1, -0.05) is 23.7 Å². The highest BCUT2D eigenvalue weighted by atomic mass is 35.5. The molecule has 0 radical (unpaired) electrons. The first-order chi connectivity index (χ1) is 10.3. The second kappa shape index (κ2) is 6.55. The monoisotopic (exact) mass is 321 g/mol. The molecule has 1 amide bonds. The van der Waals surface area contributed by atoms with Crippen LogP contribution in [0, 0.1) is 11.3 Å². The van der Waals surface area contributed by atoms with Crippen molar-refractivity contribution < 1.29 is 9.53 Å². The quantitative estimate of drug-likeness (QED) is 0.929. The van der Waals surface area contributed by atoms with Crippen molar-refractivity contribution in [2.75, 3.05) is 13.1 Å². The molecule has 1 atom stereocenters. The molecule has 1 aliphatic heterocycles. The molecule has 0 saturated carbocycles. The highest BCUT2D eigenvalue weighted by molar-refractivity contribution is 6.30. The molecule has 1 aromatic carbocycles. The second-order valence-corrected chi connectivity index (χ2v) is 6.80. The average molecular weight is 322 g/mol. The zero-order valence-electron chi connectivity index (χ0n) is 13.0. The molecule has 0 aliphatic carbocycles. The van der Waals surface area contributed by atoms with Crippen LogP contribution in [-0.2, 0) is 4.74 Å². The van der Waals surface area contributed by atoms with Gasteiger partial charge in [0.05, 0.1) is 6.07 Å². The van der Waals surface area contributed by atoms with Crippen LogP contribution in [-0.4, -0.2) is 35.7 Å². The van der Waals surface area contributed by atoms with E-state index in [1.54, 1.807) is 17.0 Å². The number of likely N-dealkylation sites (tertiary alicyclic amines) is 1. The Morgan fingerprint density at radius 1 is 1.41 bits per heavy atom. The van der Waals surface area contributed by atoms with Crippen LogP contribution in [0.2, 0.25) is 5.02 Å². The van der Waals surface area contributed by atoms with Gasteiger partial charge in [-0.3, -0.25) is 5.32 Å². The maximum Gasteiger partial charge on any atom is 0.410 e. The lowest BCUT2D eigenvalue weighted by atomic mass is 10.0. The summed E-state index contributed by atoms with van der Waals surface area (Å²) in [5, 5.41) is 13.2. The van der Waals surface area contributed by atoms with E-state index in [4.69, 9.17) is 16.3 Å². The minimum absolute atomic E-state index is 0.0906. The largest absolute Gasteiger partial charge is 0.444 e. The Hall–Kier alpha value is -1.77. The molecule has 5 nitrogen and oxygen atoms in total. The van der Waals surface area contributed by atoms with Crippen molar-refractivity contribution in [2.24, 2.45) is 0 Å². The summed E-state index contributed by atoms with van der Waals surface area (Å²) in [6.45, 7) is 6.60. The lowest BCUT2D eigenvalue weighted by Crippen LogP contribution is -2.60. The minimum atomic E-state index is -0.492. The van der Waals surface area contributed by atoms with Crippen LogP contribution in [0.25, 0.3) is 0 Å². The number of nitriles is 1. The fourth-order valence-electron chi connectivity index (χ4n) is 2.16. The van der Waals surface area contributed by atoms with E-state index in [-0.39, 0.29) is 12.1 Å². The van der Waals surface area contributed by atoms with Gasteiger partial charge >= 0.3 is 6.09 Å². The number of hydrogen-bond acceptors (Lipinski definition) is 4. The number of rotatable bonds is 3. The first-order valence-electron chi connectivity index (χ1n) is 7.17. The summed E-state index contributed by atoms with van der Waals surface area (Å²) < 4.78 is 5.30. The molecule has 1 heterocycles. The number of halogens is 1. The van der Waals surface area contributed by atoms with Crippen LogP contribution in [0.3, 0.4) is 0 Å². The average Bonchev–Trinajstić information content (AvgIpc) is 2.37. The van der Waals surface area contributed by atoms with E-state index in [1.165, 1.54) is 0 Å². The van der Waals surface area contributed by atoms with E-state index in [9.17, 15) is 10.1 Å². The molecule has 0 unspecified atom stereocenters. The Morgan fingerprint density at radius 3 is 2.50 bits per heavy atom. The molecule has 1 aromatic rings. The van der Waals surface area contributed by atoms with E-state index < -0.39 is 11.6 Å². The Kier molecular flexibility index (Phi) is 4.94. The Labute approximate surface area is 135 Å². The van der Waals surface area contributed by atoms with E-state index in [0.717, 1.165) is 5.56 Å². The van der Waals surface area contributed by atoms with Gasteiger partial charge in [-0.25, -0.2) is 4.79 Å². The standard InChI is InChI=1S/C16H20ClN3O2/c1-16(2,3)22-15(21)20-9-13(10-20)19-14(8-18)11-4-6-12(17)7-5-11/h4-7,13-14,19H,9-10H2,1-3H3/t14-/m1/s1. The zero-order valence-corrected chi connectivity index (χ0v) is 13.7. The molecule has 0 spiro atoms. The van der Waals surface area contributed by atoms with Crippen molar-refractivity contribution in [2.45, 2.75) is 38.5 Å². The van der Waals surface area contributed by atoms with Crippen molar-refractivity contribution in [1.29, 1.82) is 5.26 Å². The third-order valence-electron chi connectivity index (χ3n) is 3.27. The highest BCUT2D eigenvalue weighted by Gasteiger charge is 2.34. The van der Waals surface area contributed by atoms with Crippen LogP contribution in [0.15, 0.2) is 24.3 Å². The molecule has 22 heavy (non-hydrogen) atoms. The molecule has 1 N–H and O–H groups in total. The summed E-state index contributed by atoms with van der Waals surface area (Å²) in [4.78, 5) is 13.5. The third-order valence-corrected chi connectivity index (χ3v) is 3.52. The SMILES string of the molecule is CC(C)(C)OC(=O)N1CC(N[C@H](C#N)c2ccc(Cl)cc2)C1. The molecule has 6 heteroatoms. The Bertz CT molecular complexity index is 569. The topological polar surface area (TPSA) is 65.4 Å². The smallest absolute Gasteiger partial charge is 0.410 e. The van der Waals surface area contributed by atoms with Crippen molar-refractivity contribution in [1.82, 2.24) is 10.2 Å². The van der Waals surface area contributed by atoms with Crippen LogP contribution in [0.5, 0.6) is 0 Å². The van der Waals surface area contributed by atoms with E-state index in [1.807, 2.05) is 32.9 Å². The van der Waals surface area contributed by atoms with Gasteiger partial charge in [0.2, 0.25) is 0 Å². The number of amides is 1. The molecule has 0 aromatic heterocycles. The van der Waals surface area contributed by atoms with Gasteiger partial charge in [0.25, 0.3) is 0 Å². The molecule has 2 rings (SSSR count). The van der Waals surface area contributed by atoms with Crippen molar-refractivity contribution in [3.05, 3.63) is 34.9 Å². The molecular formula is C16H20ClN3O2. The third kappa shape index (κ3) is 4.36. The van der Waals surface area contributed by atoms with E-state index in [2.05, 4.69) is 11.4 Å². The number of nitrogens with zero attached hydrogens (tertiary/aromatic N) is 2. The van der Waals surface area contributed by atoms with Crippen molar-refractivity contribution in [3.63, 3.8) is 0 Å². The second-order valence-electron chi connectivity index (χ2n) is 6.36. The van der Waals surface area contributed by atoms with E-state index >= 15 is 0 Å². The Morgan fingerprint density at radius 2 is 2.00 bits per heavy atom. The highest BCUT2D eigenvalue weighted by Crippen LogP contribution is 2.20. The molecule has 1 saturated heterocycles. The molecule has 1 aliphatic rings. The number of nitrogens with one attached hydrogen (secondary N) is 1. The maximum absolute atomic E-state index is 11.8. The van der Waals surface area contributed by atoms with Gasteiger partial charge in [-0.15, -0.1) is 0 Å². The number of ether oxygens (including phenoxy) is 1. The van der Waals surface area contributed by atoms with Crippen molar-refractivity contribution in [3.8, 4) is 6.07 Å². The summed E-state index contributed by atoms with van der Waals surface area (Å²) >= 11 is 5.85. The number of hydrogen-bond donors (Lipinski definition) is 1. The van der Waals surface area contributed by atoms with Crippen molar-refractivity contribution >= 4 is 17.7 Å². The lowest BCUT2D eigenvalue weighted by Gasteiger charge is -2.41. The van der Waals surface area contributed by atoms with Gasteiger partial charge in [-0.2, -0.15) is 5.26 Å². The fourth-order valence-corrected chi connectivity index (χ4v) is 2.28. The molecule has 0 bridgehead atoms. The predicted molar refractivity (Wildman–Crippen MR) is 84.5 cm³/mol. The summed E-state index contributed by atoms with van der Waals surface area (Å²) in [7, 11) is 0. The van der Waals surface area contributed by atoms with Gasteiger partial charge < -0.3 is 9.64 Å². The fraction of sp³-hybridized carbons (Fsp3) is 0.500. The minimum Gasteiger partial charge on any atom is -0.444 e. The summed E-state index contributed by atoms with van der Waals surface area (Å²) in [5.74, 6) is 0. The van der Waals surface area contributed by atoms with Gasteiger partial charge in [0.1, 0.15) is 11.6 Å². The molecule has 118 valence electrons. The zero-order chi connectivity index (χ0) is 16.3. The summed E-state index contributed by atoms with van der Waals surface area (Å²) in [6.07, 6.45) is -0.314. The van der Waals surface area contributed by atoms with Crippen LogP contribution < -0.4 is 5.32 Å². The normalized spacial score (nSPS) is 16.6. The summed E-state index contributed by atoms with van der Waals surface area (Å²) in [5.41, 5.74) is 0.372. The number of carbonyl (C=O) groups is 1. The Balaban J connectivity index is 1.85. The van der Waals surface area contributed by atoms with Crippen LogP contribution >= 0.6 is 11.6 Å².